The van der Waals surface area contributed by atoms with Crippen LogP contribution in [0.1, 0.15) is 16.7 Å². The summed E-state index contributed by atoms with van der Waals surface area (Å²) < 4.78 is 5.11. The fourth-order valence-electron chi connectivity index (χ4n) is 1.74. The lowest BCUT2D eigenvalue weighted by Crippen LogP contribution is -1.86. The van der Waals surface area contributed by atoms with E-state index < -0.39 is 0 Å². The van der Waals surface area contributed by atoms with Crippen LogP contribution in [0, 0.1) is 0 Å². The van der Waals surface area contributed by atoms with E-state index in [1.165, 1.54) is 6.21 Å². The van der Waals surface area contributed by atoms with Crippen molar-refractivity contribution in [2.45, 2.75) is 0 Å². The third-order valence-electron chi connectivity index (χ3n) is 2.76. The second-order valence-corrected chi connectivity index (χ2v) is 3.98. The Morgan fingerprint density at radius 3 is 2.26 bits per heavy atom. The molecule has 0 heterocycles. The molecule has 0 fully saturated rings. The van der Waals surface area contributed by atoms with Crippen LogP contribution in [0.15, 0.2) is 53.7 Å². The van der Waals surface area contributed by atoms with Crippen molar-refractivity contribution in [3.8, 4) is 5.75 Å². The van der Waals surface area contributed by atoms with E-state index in [4.69, 9.17) is 9.94 Å². The summed E-state index contributed by atoms with van der Waals surface area (Å²) in [5.41, 5.74) is 2.95. The van der Waals surface area contributed by atoms with Crippen LogP contribution in [0.4, 0.5) is 0 Å². The maximum atomic E-state index is 8.62. The Hall–Kier alpha value is -2.55. The summed E-state index contributed by atoms with van der Waals surface area (Å²) in [5, 5.41) is 11.7. The van der Waals surface area contributed by atoms with E-state index in [-0.39, 0.29) is 0 Å². The molecule has 19 heavy (non-hydrogen) atoms. The molecule has 0 radical (unpaired) electrons. The molecule has 0 bridgehead atoms. The Morgan fingerprint density at radius 2 is 1.63 bits per heavy atom. The molecule has 96 valence electrons. The fourth-order valence-corrected chi connectivity index (χ4v) is 1.74. The smallest absolute Gasteiger partial charge is 0.118 e. The number of oxime groups is 1. The van der Waals surface area contributed by atoms with Gasteiger partial charge >= 0.3 is 0 Å². The summed E-state index contributed by atoms with van der Waals surface area (Å²) >= 11 is 0. The molecule has 0 unspecified atom stereocenters. The van der Waals surface area contributed by atoms with Crippen LogP contribution in [0.25, 0.3) is 12.2 Å². The zero-order valence-electron chi connectivity index (χ0n) is 10.7. The third kappa shape index (κ3) is 3.45. The zero-order valence-corrected chi connectivity index (χ0v) is 10.7. The first kappa shape index (κ1) is 12.9. The first-order valence-electron chi connectivity index (χ1n) is 5.92. The summed E-state index contributed by atoms with van der Waals surface area (Å²) in [6, 6.07) is 15.5. The Bertz CT molecular complexity index is 586. The van der Waals surface area contributed by atoms with Crippen LogP contribution < -0.4 is 4.74 Å². The van der Waals surface area contributed by atoms with E-state index in [1.807, 2.05) is 60.7 Å². The monoisotopic (exact) mass is 253 g/mol. The minimum Gasteiger partial charge on any atom is -0.497 e. The van der Waals surface area contributed by atoms with Gasteiger partial charge in [0.25, 0.3) is 0 Å². The molecular weight excluding hydrogens is 238 g/mol. The fraction of sp³-hybridized carbons (Fsp3) is 0.0625. The molecule has 0 saturated carbocycles. The molecule has 2 aromatic rings. The average molecular weight is 253 g/mol. The SMILES string of the molecule is COc1ccc(/C=C/c2ccccc2/C=N/O)cc1. The van der Waals surface area contributed by atoms with Gasteiger partial charge < -0.3 is 9.94 Å². The lowest BCUT2D eigenvalue weighted by molar-refractivity contribution is 0.322. The Labute approximate surface area is 112 Å². The van der Waals surface area contributed by atoms with Crippen LogP contribution in [-0.4, -0.2) is 18.5 Å². The van der Waals surface area contributed by atoms with Crippen molar-refractivity contribution >= 4 is 18.4 Å². The summed E-state index contributed by atoms with van der Waals surface area (Å²) in [4.78, 5) is 0. The molecule has 2 aromatic carbocycles. The lowest BCUT2D eigenvalue weighted by Gasteiger charge is -2.01. The Kier molecular flexibility index (Phi) is 4.34. The van der Waals surface area contributed by atoms with Gasteiger partial charge in [-0.15, -0.1) is 0 Å². The second kappa shape index (κ2) is 6.40. The molecule has 3 nitrogen and oxygen atoms in total. The molecular formula is C16H15NO2. The molecule has 0 saturated heterocycles. The lowest BCUT2D eigenvalue weighted by atomic mass is 10.1. The number of methoxy groups -OCH3 is 1. The normalized spacial score (nSPS) is 11.2. The summed E-state index contributed by atoms with van der Waals surface area (Å²) in [6.45, 7) is 0. The van der Waals surface area contributed by atoms with Crippen molar-refractivity contribution in [3.63, 3.8) is 0 Å². The van der Waals surface area contributed by atoms with Gasteiger partial charge in [0.1, 0.15) is 5.75 Å². The largest absolute Gasteiger partial charge is 0.497 e. The van der Waals surface area contributed by atoms with Crippen LogP contribution >= 0.6 is 0 Å². The van der Waals surface area contributed by atoms with Gasteiger partial charge in [-0.2, -0.15) is 0 Å². The van der Waals surface area contributed by atoms with Gasteiger partial charge in [-0.05, 0) is 23.3 Å². The highest BCUT2D eigenvalue weighted by Crippen LogP contribution is 2.15. The van der Waals surface area contributed by atoms with E-state index in [0.717, 1.165) is 22.4 Å². The molecule has 3 heteroatoms. The third-order valence-corrected chi connectivity index (χ3v) is 2.76. The van der Waals surface area contributed by atoms with E-state index in [1.54, 1.807) is 7.11 Å². The van der Waals surface area contributed by atoms with Gasteiger partial charge in [-0.1, -0.05) is 53.7 Å². The predicted molar refractivity (Wildman–Crippen MR) is 77.7 cm³/mol. The topological polar surface area (TPSA) is 41.8 Å². The maximum absolute atomic E-state index is 8.62. The quantitative estimate of drug-likeness (QED) is 0.391. The predicted octanol–water partition coefficient (Wildman–Crippen LogP) is 3.67. The first-order valence-corrected chi connectivity index (χ1v) is 5.92. The molecule has 1 N–H and O–H groups in total. The van der Waals surface area contributed by atoms with Crippen molar-refractivity contribution in [2.24, 2.45) is 5.16 Å². The Morgan fingerprint density at radius 1 is 0.947 bits per heavy atom. The average Bonchev–Trinajstić information content (AvgIpc) is 2.47. The first-order chi connectivity index (χ1) is 9.33. The molecule has 0 aliphatic heterocycles. The van der Waals surface area contributed by atoms with Crippen molar-refractivity contribution in [2.75, 3.05) is 7.11 Å². The van der Waals surface area contributed by atoms with Gasteiger partial charge in [0.2, 0.25) is 0 Å². The van der Waals surface area contributed by atoms with Gasteiger partial charge in [-0.3, -0.25) is 0 Å². The van der Waals surface area contributed by atoms with Crippen molar-refractivity contribution in [1.29, 1.82) is 0 Å². The number of nitrogens with zero attached hydrogens (tertiary/aromatic N) is 1. The molecule has 0 aliphatic rings. The number of ether oxygens (including phenoxy) is 1. The van der Waals surface area contributed by atoms with E-state index in [9.17, 15) is 0 Å². The molecule has 0 aliphatic carbocycles. The van der Waals surface area contributed by atoms with Gasteiger partial charge in [0.15, 0.2) is 0 Å². The minimum absolute atomic E-state index is 0.838. The highest BCUT2D eigenvalue weighted by Gasteiger charge is 1.95. The molecule has 0 aromatic heterocycles. The number of hydrogen-bond donors (Lipinski definition) is 1. The molecule has 0 amide bonds. The standard InChI is InChI=1S/C16H15NO2/c1-19-16-10-7-13(8-11-16)6-9-14-4-2-3-5-15(14)12-17-18/h2-12,18H,1H3/b9-6+,17-12+. The molecule has 2 rings (SSSR count). The highest BCUT2D eigenvalue weighted by atomic mass is 16.5. The molecule has 0 spiro atoms. The minimum atomic E-state index is 0.838. The van der Waals surface area contributed by atoms with E-state index in [2.05, 4.69) is 5.16 Å². The highest BCUT2D eigenvalue weighted by molar-refractivity contribution is 5.87. The summed E-state index contributed by atoms with van der Waals surface area (Å²) in [7, 11) is 1.65. The summed E-state index contributed by atoms with van der Waals surface area (Å²) in [6.07, 6.45) is 5.41. The number of benzene rings is 2. The van der Waals surface area contributed by atoms with Crippen LogP contribution in [0.3, 0.4) is 0 Å². The van der Waals surface area contributed by atoms with Gasteiger partial charge in [0.05, 0.1) is 13.3 Å². The van der Waals surface area contributed by atoms with Gasteiger partial charge in [-0.25, -0.2) is 0 Å². The van der Waals surface area contributed by atoms with Crippen molar-refractivity contribution < 1.29 is 9.94 Å². The number of rotatable bonds is 4. The molecule has 0 atom stereocenters. The zero-order chi connectivity index (χ0) is 13.5. The van der Waals surface area contributed by atoms with Crippen LogP contribution in [-0.2, 0) is 0 Å². The summed E-state index contributed by atoms with van der Waals surface area (Å²) in [5.74, 6) is 0.838. The van der Waals surface area contributed by atoms with E-state index in [0.29, 0.717) is 0 Å². The van der Waals surface area contributed by atoms with Crippen LogP contribution in [0.2, 0.25) is 0 Å². The maximum Gasteiger partial charge on any atom is 0.118 e. The van der Waals surface area contributed by atoms with E-state index >= 15 is 0 Å². The second-order valence-electron chi connectivity index (χ2n) is 3.98. The van der Waals surface area contributed by atoms with Gasteiger partial charge in [0, 0.05) is 5.56 Å². The number of hydrogen-bond acceptors (Lipinski definition) is 3. The van der Waals surface area contributed by atoms with Crippen LogP contribution in [0.5, 0.6) is 5.75 Å². The Balaban J connectivity index is 2.22. The van der Waals surface area contributed by atoms with Crippen molar-refractivity contribution in [3.05, 3.63) is 65.2 Å². The van der Waals surface area contributed by atoms with Crippen molar-refractivity contribution in [1.82, 2.24) is 0 Å².